The summed E-state index contributed by atoms with van der Waals surface area (Å²) >= 11 is 1.48. The molecule has 0 aromatic rings. The molecule has 0 aromatic heterocycles. The van der Waals surface area contributed by atoms with Gasteiger partial charge in [0.1, 0.15) is 11.4 Å². The maximum Gasteiger partial charge on any atom is 0.253 e. The fourth-order valence-electron chi connectivity index (χ4n) is 3.45. The second-order valence-corrected chi connectivity index (χ2v) is 13.2. The largest absolute Gasteiger partial charge is 0.543 e. The third kappa shape index (κ3) is 3.26. The Morgan fingerprint density at radius 1 is 1.29 bits per heavy atom. The zero-order chi connectivity index (χ0) is 18.1. The third-order valence-corrected chi connectivity index (χ3v) is 12.4. The van der Waals surface area contributed by atoms with Crippen LogP contribution in [0, 0.1) is 0 Å². The van der Waals surface area contributed by atoms with E-state index in [2.05, 4.69) is 26.1 Å². The highest BCUT2D eigenvalue weighted by atomic mass is 32.2. The molecular formula is C16H25N2O4SSi-. The Bertz CT molecular complexity index is 580. The summed E-state index contributed by atoms with van der Waals surface area (Å²) < 4.78 is 0. The predicted molar refractivity (Wildman–Crippen MR) is 94.7 cm³/mol. The summed E-state index contributed by atoms with van der Waals surface area (Å²) in [6.45, 7) is 8.11. The van der Waals surface area contributed by atoms with Gasteiger partial charge in [0.25, 0.3) is 5.91 Å². The van der Waals surface area contributed by atoms with E-state index >= 15 is 0 Å². The number of amides is 2. The van der Waals surface area contributed by atoms with E-state index in [4.69, 9.17) is 0 Å². The number of carboxylic acid groups (broad SMARTS) is 1. The van der Waals surface area contributed by atoms with Crippen LogP contribution in [0.3, 0.4) is 0 Å². The first-order valence-corrected chi connectivity index (χ1v) is 12.3. The Labute approximate surface area is 148 Å². The molecule has 2 amide bonds. The topological polar surface area (TPSA) is 89.5 Å². The first-order valence-electron chi connectivity index (χ1n) is 8.45. The van der Waals surface area contributed by atoms with Gasteiger partial charge in [-0.25, -0.2) is 0 Å². The second-order valence-electron chi connectivity index (χ2n) is 6.61. The van der Waals surface area contributed by atoms with Crippen molar-refractivity contribution in [3.05, 3.63) is 11.3 Å². The summed E-state index contributed by atoms with van der Waals surface area (Å²) in [5.74, 6) is -1.23. The van der Waals surface area contributed by atoms with Crippen molar-refractivity contribution >= 4 is 37.6 Å². The summed E-state index contributed by atoms with van der Waals surface area (Å²) in [5.41, 5.74) is 0.595. The lowest BCUT2D eigenvalue weighted by molar-refractivity contribution is -0.301. The summed E-state index contributed by atoms with van der Waals surface area (Å²) in [6.07, 6.45) is 0. The Balaban J connectivity index is 2.05. The number of carboxylic acids is 1. The molecule has 2 heterocycles. The number of aliphatic carboxylic acids is 1. The molecule has 0 saturated carbocycles. The lowest BCUT2D eigenvalue weighted by atomic mass is 10.0. The molecule has 134 valence electrons. The van der Waals surface area contributed by atoms with Crippen LogP contribution in [0.1, 0.15) is 27.7 Å². The van der Waals surface area contributed by atoms with Gasteiger partial charge in [0.2, 0.25) is 5.91 Å². The fourth-order valence-corrected chi connectivity index (χ4v) is 7.78. The van der Waals surface area contributed by atoms with Crippen molar-refractivity contribution in [2.75, 3.05) is 5.75 Å². The monoisotopic (exact) mass is 369 g/mol. The Hall–Kier alpha value is -1.28. The minimum atomic E-state index is -1.60. The highest BCUT2D eigenvalue weighted by molar-refractivity contribution is 8.00. The van der Waals surface area contributed by atoms with Crippen molar-refractivity contribution in [2.45, 2.75) is 63.3 Å². The normalized spacial score (nSPS) is 23.7. The number of carbonyl (C=O) groups is 3. The fraction of sp³-hybridized carbons (Fsp3) is 0.688. The summed E-state index contributed by atoms with van der Waals surface area (Å²) in [5, 5.41) is 13.8. The zero-order valence-electron chi connectivity index (χ0n) is 14.7. The van der Waals surface area contributed by atoms with Crippen LogP contribution in [0.15, 0.2) is 11.3 Å². The summed E-state index contributed by atoms with van der Waals surface area (Å²) in [4.78, 5) is 37.3. The molecule has 1 fully saturated rings. The molecule has 1 saturated heterocycles. The van der Waals surface area contributed by atoms with Crippen LogP contribution in [0.25, 0.3) is 0 Å². The molecular weight excluding hydrogens is 344 g/mol. The molecule has 24 heavy (non-hydrogen) atoms. The first kappa shape index (κ1) is 19.0. The molecule has 2 aliphatic rings. The van der Waals surface area contributed by atoms with E-state index in [0.29, 0.717) is 17.4 Å². The highest BCUT2D eigenvalue weighted by Gasteiger charge is 2.52. The van der Waals surface area contributed by atoms with Gasteiger partial charge < -0.3 is 15.2 Å². The van der Waals surface area contributed by atoms with Crippen LogP contribution in [0.2, 0.25) is 24.2 Å². The minimum Gasteiger partial charge on any atom is -0.543 e. The Morgan fingerprint density at radius 3 is 2.38 bits per heavy atom. The van der Waals surface area contributed by atoms with Crippen LogP contribution in [0.4, 0.5) is 0 Å². The number of nitrogens with one attached hydrogen (secondary N) is 1. The van der Waals surface area contributed by atoms with Crippen molar-refractivity contribution in [1.29, 1.82) is 0 Å². The summed E-state index contributed by atoms with van der Waals surface area (Å²) in [7, 11) is -1.60. The van der Waals surface area contributed by atoms with Crippen molar-refractivity contribution in [3.8, 4) is 0 Å². The quantitative estimate of drug-likeness (QED) is 0.532. The van der Waals surface area contributed by atoms with Gasteiger partial charge in [0.15, 0.2) is 0 Å². The SMILES string of the molecule is CC[Si](CC)(CC)CC(=O)NC1C(=O)N2C(C(=O)[O-])=C(C)CSC12. The molecule has 1 N–H and O–H groups in total. The van der Waals surface area contributed by atoms with Gasteiger partial charge in [-0.1, -0.05) is 38.9 Å². The molecule has 0 aliphatic carbocycles. The average molecular weight is 370 g/mol. The molecule has 2 aliphatic heterocycles. The molecule has 2 unspecified atom stereocenters. The van der Waals surface area contributed by atoms with E-state index in [1.807, 2.05) is 0 Å². The molecule has 0 bridgehead atoms. The molecule has 2 atom stereocenters. The van der Waals surface area contributed by atoms with E-state index in [1.54, 1.807) is 6.92 Å². The number of hydrogen-bond acceptors (Lipinski definition) is 5. The van der Waals surface area contributed by atoms with Gasteiger partial charge in [-0.05, 0) is 12.5 Å². The standard InChI is InChI=1S/C16H26N2O4SSi/c1-5-24(6-2,7-3)9-11(19)17-12-14(20)18-13(16(21)22)10(4)8-23-15(12)18/h12,15H,5-9H2,1-4H3,(H,17,19)(H,21,22)/p-1. The van der Waals surface area contributed by atoms with Crippen LogP contribution >= 0.6 is 11.8 Å². The Morgan fingerprint density at radius 2 is 1.88 bits per heavy atom. The van der Waals surface area contributed by atoms with Crippen molar-refractivity contribution in [2.24, 2.45) is 0 Å². The maximum atomic E-state index is 12.4. The zero-order valence-corrected chi connectivity index (χ0v) is 16.5. The van der Waals surface area contributed by atoms with Gasteiger partial charge >= 0.3 is 0 Å². The average Bonchev–Trinajstić information content (AvgIpc) is 2.57. The molecule has 2 rings (SSSR count). The van der Waals surface area contributed by atoms with Crippen LogP contribution in [-0.2, 0) is 14.4 Å². The third-order valence-electron chi connectivity index (χ3n) is 5.45. The second kappa shape index (κ2) is 7.31. The van der Waals surface area contributed by atoms with E-state index in [-0.39, 0.29) is 22.9 Å². The van der Waals surface area contributed by atoms with Crippen LogP contribution in [0.5, 0.6) is 0 Å². The van der Waals surface area contributed by atoms with Crippen molar-refractivity contribution in [3.63, 3.8) is 0 Å². The van der Waals surface area contributed by atoms with Crippen LogP contribution < -0.4 is 10.4 Å². The van der Waals surface area contributed by atoms with E-state index < -0.39 is 20.1 Å². The number of thioether (sulfide) groups is 1. The van der Waals surface area contributed by atoms with E-state index in [1.165, 1.54) is 16.7 Å². The molecule has 0 aromatic carbocycles. The number of rotatable bonds is 7. The maximum absolute atomic E-state index is 12.4. The highest BCUT2D eigenvalue weighted by Crippen LogP contribution is 2.40. The van der Waals surface area contributed by atoms with E-state index in [0.717, 1.165) is 18.1 Å². The predicted octanol–water partition coefficient (Wildman–Crippen LogP) is 0.919. The lowest BCUT2D eigenvalue weighted by Gasteiger charge is -2.50. The van der Waals surface area contributed by atoms with Gasteiger partial charge in [-0.2, -0.15) is 0 Å². The number of fused-ring (bicyclic) bond motifs is 1. The van der Waals surface area contributed by atoms with Gasteiger partial charge in [0, 0.05) is 11.8 Å². The minimum absolute atomic E-state index is 0.0337. The number of hydrogen-bond donors (Lipinski definition) is 1. The smallest absolute Gasteiger partial charge is 0.253 e. The molecule has 8 heteroatoms. The first-order chi connectivity index (χ1) is 11.3. The van der Waals surface area contributed by atoms with Crippen molar-refractivity contribution < 1.29 is 19.5 Å². The number of carbonyl (C=O) groups excluding carboxylic acids is 3. The van der Waals surface area contributed by atoms with Crippen LogP contribution in [-0.4, -0.2) is 47.9 Å². The molecule has 6 nitrogen and oxygen atoms in total. The Kier molecular flexibility index (Phi) is 5.80. The molecule has 0 spiro atoms. The van der Waals surface area contributed by atoms with Gasteiger partial charge in [-0.15, -0.1) is 11.8 Å². The van der Waals surface area contributed by atoms with Gasteiger partial charge in [-0.3, -0.25) is 14.5 Å². The summed E-state index contributed by atoms with van der Waals surface area (Å²) in [6, 6.07) is 3.05. The van der Waals surface area contributed by atoms with E-state index in [9.17, 15) is 19.5 Å². The number of nitrogens with zero attached hydrogens (tertiary/aromatic N) is 1. The van der Waals surface area contributed by atoms with Gasteiger partial charge in [0.05, 0.1) is 19.7 Å². The number of β-lactam (4-membered cyclic amide) rings is 1. The van der Waals surface area contributed by atoms with Crippen molar-refractivity contribution in [1.82, 2.24) is 10.2 Å². The molecule has 0 radical (unpaired) electrons. The lowest BCUT2D eigenvalue weighted by Crippen LogP contribution is -2.71.